The summed E-state index contributed by atoms with van der Waals surface area (Å²) in [5.74, 6) is -3.29. The van der Waals surface area contributed by atoms with Crippen LogP contribution in [0.2, 0.25) is 0 Å². The second-order valence-corrected chi connectivity index (χ2v) is 6.03. The predicted octanol–water partition coefficient (Wildman–Crippen LogP) is 6.70. The Morgan fingerprint density at radius 3 is 1.87 bits per heavy atom. The SMILES string of the molecule is FC(F)(F)c1oc(C(F)(F)F)c(C(Br)c2ccccc2)c1CBr. The molecule has 1 atom stereocenters. The molecule has 0 fully saturated rings. The monoisotopic (exact) mass is 464 g/mol. The molecule has 0 aliphatic rings. The van der Waals surface area contributed by atoms with Crippen molar-refractivity contribution in [1.29, 1.82) is 0 Å². The van der Waals surface area contributed by atoms with Crippen molar-refractivity contribution in [2.75, 3.05) is 0 Å². The first-order valence-electron chi connectivity index (χ1n) is 6.12. The van der Waals surface area contributed by atoms with E-state index in [2.05, 4.69) is 36.3 Å². The van der Waals surface area contributed by atoms with Crippen LogP contribution in [0.5, 0.6) is 0 Å². The van der Waals surface area contributed by atoms with Crippen LogP contribution in [0.3, 0.4) is 0 Å². The Labute approximate surface area is 143 Å². The van der Waals surface area contributed by atoms with Gasteiger partial charge < -0.3 is 4.42 Å². The molecule has 23 heavy (non-hydrogen) atoms. The molecule has 0 aliphatic carbocycles. The fourth-order valence-electron chi connectivity index (χ4n) is 2.11. The molecule has 0 aliphatic heterocycles. The lowest BCUT2D eigenvalue weighted by Crippen LogP contribution is -2.09. The lowest BCUT2D eigenvalue weighted by atomic mass is 10.0. The van der Waals surface area contributed by atoms with Gasteiger partial charge in [-0.2, -0.15) is 26.3 Å². The van der Waals surface area contributed by atoms with Crippen LogP contribution in [0.15, 0.2) is 34.7 Å². The molecule has 126 valence electrons. The van der Waals surface area contributed by atoms with E-state index in [9.17, 15) is 26.3 Å². The van der Waals surface area contributed by atoms with Crippen LogP contribution in [-0.2, 0) is 17.7 Å². The van der Waals surface area contributed by atoms with Gasteiger partial charge in [0.15, 0.2) is 0 Å². The number of hydrogen-bond acceptors (Lipinski definition) is 1. The molecule has 0 spiro atoms. The van der Waals surface area contributed by atoms with Crippen LogP contribution in [0.1, 0.15) is 33.0 Å². The zero-order valence-corrected chi connectivity index (χ0v) is 14.3. The van der Waals surface area contributed by atoms with Gasteiger partial charge in [0.2, 0.25) is 11.5 Å². The molecule has 2 rings (SSSR count). The molecule has 2 aromatic rings. The highest BCUT2D eigenvalue weighted by atomic mass is 79.9. The smallest absolute Gasteiger partial charge is 0.446 e. The minimum absolute atomic E-state index is 0.384. The van der Waals surface area contributed by atoms with Gasteiger partial charge in [-0.1, -0.05) is 62.2 Å². The maximum absolute atomic E-state index is 13.1. The molecule has 1 aromatic carbocycles. The first-order valence-corrected chi connectivity index (χ1v) is 8.16. The molecule has 0 bridgehead atoms. The summed E-state index contributed by atoms with van der Waals surface area (Å²) >= 11 is 5.89. The Balaban J connectivity index is 2.72. The molecule has 0 saturated heterocycles. The van der Waals surface area contributed by atoms with E-state index in [4.69, 9.17) is 0 Å². The van der Waals surface area contributed by atoms with Crippen LogP contribution < -0.4 is 0 Å². The molecule has 0 amide bonds. The Bertz CT molecular complexity index is 675. The molecule has 0 saturated carbocycles. The Hall–Kier alpha value is -0.960. The maximum Gasteiger partial charge on any atom is 0.449 e. The molecule has 1 heterocycles. The number of alkyl halides is 8. The summed E-state index contributed by atoms with van der Waals surface area (Å²) < 4.78 is 82.6. The molecule has 9 heteroatoms. The van der Waals surface area contributed by atoms with Crippen molar-refractivity contribution in [1.82, 2.24) is 0 Å². The third-order valence-electron chi connectivity index (χ3n) is 3.04. The first kappa shape index (κ1) is 18.4. The van der Waals surface area contributed by atoms with Gasteiger partial charge in [0.05, 0.1) is 4.83 Å². The van der Waals surface area contributed by atoms with Crippen LogP contribution in [-0.4, -0.2) is 0 Å². The van der Waals surface area contributed by atoms with Crippen molar-refractivity contribution in [3.05, 3.63) is 58.5 Å². The van der Waals surface area contributed by atoms with E-state index < -0.39 is 45.2 Å². The van der Waals surface area contributed by atoms with Crippen molar-refractivity contribution in [2.45, 2.75) is 22.5 Å². The summed E-state index contributed by atoms with van der Waals surface area (Å²) in [6.07, 6.45) is -10.1. The second kappa shape index (κ2) is 6.51. The lowest BCUT2D eigenvalue weighted by molar-refractivity contribution is -0.171. The Morgan fingerprint density at radius 2 is 1.43 bits per heavy atom. The van der Waals surface area contributed by atoms with Crippen molar-refractivity contribution in [3.63, 3.8) is 0 Å². The number of benzene rings is 1. The van der Waals surface area contributed by atoms with E-state index in [0.29, 0.717) is 5.56 Å². The van der Waals surface area contributed by atoms with E-state index in [1.54, 1.807) is 18.2 Å². The summed E-state index contributed by atoms with van der Waals surface area (Å²) in [5, 5.41) is -0.425. The topological polar surface area (TPSA) is 13.1 Å². The minimum atomic E-state index is -5.05. The van der Waals surface area contributed by atoms with Crippen molar-refractivity contribution in [2.24, 2.45) is 0 Å². The molecule has 0 radical (unpaired) electrons. The lowest BCUT2D eigenvalue weighted by Gasteiger charge is -2.14. The van der Waals surface area contributed by atoms with Gasteiger partial charge in [-0.25, -0.2) is 0 Å². The van der Waals surface area contributed by atoms with Gasteiger partial charge in [0, 0.05) is 16.5 Å². The highest BCUT2D eigenvalue weighted by molar-refractivity contribution is 9.09. The summed E-state index contributed by atoms with van der Waals surface area (Å²) in [6, 6.07) is 7.83. The fourth-order valence-corrected chi connectivity index (χ4v) is 3.45. The summed E-state index contributed by atoms with van der Waals surface area (Å²) in [5.41, 5.74) is -0.766. The van der Waals surface area contributed by atoms with Crippen LogP contribution >= 0.6 is 31.9 Å². The number of furan rings is 1. The molecule has 1 aromatic heterocycles. The quantitative estimate of drug-likeness (QED) is 0.363. The van der Waals surface area contributed by atoms with Gasteiger partial charge in [-0.15, -0.1) is 0 Å². The number of hydrogen-bond donors (Lipinski definition) is 0. The summed E-state index contributed by atoms with van der Waals surface area (Å²) in [6.45, 7) is 0. The van der Waals surface area contributed by atoms with E-state index >= 15 is 0 Å². The largest absolute Gasteiger partial charge is 0.449 e. The second-order valence-electron chi connectivity index (χ2n) is 4.55. The average molecular weight is 466 g/mol. The van der Waals surface area contributed by atoms with Gasteiger partial charge >= 0.3 is 12.4 Å². The van der Waals surface area contributed by atoms with Gasteiger partial charge in [0.1, 0.15) is 0 Å². The van der Waals surface area contributed by atoms with Crippen LogP contribution in [0.4, 0.5) is 26.3 Å². The Kier molecular flexibility index (Phi) is 5.20. The zero-order chi connectivity index (χ0) is 17.4. The van der Waals surface area contributed by atoms with Crippen molar-refractivity contribution >= 4 is 31.9 Å². The van der Waals surface area contributed by atoms with Gasteiger partial charge in [-0.3, -0.25) is 0 Å². The van der Waals surface area contributed by atoms with Gasteiger partial charge in [-0.05, 0) is 5.56 Å². The van der Waals surface area contributed by atoms with E-state index in [1.807, 2.05) is 0 Å². The predicted molar refractivity (Wildman–Crippen MR) is 78.6 cm³/mol. The average Bonchev–Trinajstić information content (AvgIpc) is 2.87. The Morgan fingerprint density at radius 1 is 0.913 bits per heavy atom. The summed E-state index contributed by atoms with van der Waals surface area (Å²) in [4.78, 5) is -1.09. The first-order chi connectivity index (χ1) is 10.6. The highest BCUT2D eigenvalue weighted by Gasteiger charge is 2.47. The number of halogens is 8. The van der Waals surface area contributed by atoms with E-state index in [-0.39, 0.29) is 0 Å². The standard InChI is InChI=1S/C14H8Br2F6O/c15-6-8-9(10(16)7-4-2-1-3-5-7)12(14(20,21)22)23-11(8)13(17,18)19/h1-5,10H,6H2. The van der Waals surface area contributed by atoms with Crippen LogP contribution in [0, 0.1) is 0 Å². The van der Waals surface area contributed by atoms with Crippen molar-refractivity contribution in [3.8, 4) is 0 Å². The third kappa shape index (κ3) is 3.76. The summed E-state index contributed by atoms with van der Waals surface area (Å²) in [7, 11) is 0. The fraction of sp³-hybridized carbons (Fsp3) is 0.286. The van der Waals surface area contributed by atoms with Crippen LogP contribution in [0.25, 0.3) is 0 Å². The molecular weight excluding hydrogens is 458 g/mol. The minimum Gasteiger partial charge on any atom is -0.446 e. The van der Waals surface area contributed by atoms with E-state index in [0.717, 1.165) is 0 Å². The maximum atomic E-state index is 13.1. The van der Waals surface area contributed by atoms with E-state index in [1.165, 1.54) is 12.1 Å². The molecule has 0 N–H and O–H groups in total. The highest BCUT2D eigenvalue weighted by Crippen LogP contribution is 2.48. The van der Waals surface area contributed by atoms with Crippen molar-refractivity contribution < 1.29 is 30.8 Å². The zero-order valence-electron chi connectivity index (χ0n) is 11.1. The normalized spacial score (nSPS) is 14.1. The molecule has 1 nitrogen and oxygen atoms in total. The molecular formula is C14H8Br2F6O. The number of rotatable bonds is 3. The third-order valence-corrected chi connectivity index (χ3v) is 4.59. The molecule has 1 unspecified atom stereocenters. The van der Waals surface area contributed by atoms with Gasteiger partial charge in [0.25, 0.3) is 0 Å².